The Balaban J connectivity index is 1.78. The summed E-state index contributed by atoms with van der Waals surface area (Å²) >= 11 is 0. The van der Waals surface area contributed by atoms with Gasteiger partial charge < -0.3 is 4.90 Å². The standard InChI is InChI=1S/C18H28N2/c1-19(2)16-11-9-15(10-12-16)17-7-3-4-8-18(17)20-13-5-6-14-20/h9-12,17-18H,3-8,13-14H2,1-2H3/t17-,18+/m0/s1. The monoisotopic (exact) mass is 272 g/mol. The highest BCUT2D eigenvalue weighted by molar-refractivity contribution is 5.46. The summed E-state index contributed by atoms with van der Waals surface area (Å²) in [5.41, 5.74) is 2.87. The third kappa shape index (κ3) is 2.85. The number of hydrogen-bond donors (Lipinski definition) is 0. The topological polar surface area (TPSA) is 6.48 Å². The largest absolute Gasteiger partial charge is 0.378 e. The second-order valence-corrected chi connectivity index (χ2v) is 6.69. The zero-order valence-electron chi connectivity index (χ0n) is 13.0. The van der Waals surface area contributed by atoms with Gasteiger partial charge in [0.05, 0.1) is 0 Å². The first-order chi connectivity index (χ1) is 9.75. The van der Waals surface area contributed by atoms with Crippen LogP contribution in [0, 0.1) is 0 Å². The van der Waals surface area contributed by atoms with E-state index in [0.29, 0.717) is 0 Å². The summed E-state index contributed by atoms with van der Waals surface area (Å²) in [5.74, 6) is 0.762. The molecule has 1 aliphatic carbocycles. The Bertz CT molecular complexity index is 418. The van der Waals surface area contributed by atoms with Gasteiger partial charge in [-0.05, 0) is 62.4 Å². The van der Waals surface area contributed by atoms with Crippen LogP contribution in [0.4, 0.5) is 5.69 Å². The number of rotatable bonds is 3. The fraction of sp³-hybridized carbons (Fsp3) is 0.667. The lowest BCUT2D eigenvalue weighted by Gasteiger charge is -2.38. The van der Waals surface area contributed by atoms with E-state index in [4.69, 9.17) is 0 Å². The van der Waals surface area contributed by atoms with Gasteiger partial charge in [-0.3, -0.25) is 4.90 Å². The van der Waals surface area contributed by atoms with Crippen LogP contribution in [0.3, 0.4) is 0 Å². The SMILES string of the molecule is CN(C)c1ccc([C@@H]2CCCC[C@H]2N2CCCC2)cc1. The minimum atomic E-state index is 0.762. The van der Waals surface area contributed by atoms with Gasteiger partial charge in [-0.15, -0.1) is 0 Å². The molecule has 1 saturated carbocycles. The molecule has 0 spiro atoms. The molecule has 0 radical (unpaired) electrons. The van der Waals surface area contributed by atoms with Crippen LogP contribution in [0.25, 0.3) is 0 Å². The Hall–Kier alpha value is -1.02. The summed E-state index contributed by atoms with van der Waals surface area (Å²) in [4.78, 5) is 4.95. The fourth-order valence-electron chi connectivity index (χ4n) is 4.03. The van der Waals surface area contributed by atoms with Crippen LogP contribution in [0.15, 0.2) is 24.3 Å². The lowest BCUT2D eigenvalue weighted by atomic mass is 9.79. The van der Waals surface area contributed by atoms with Crippen molar-refractivity contribution in [1.29, 1.82) is 0 Å². The predicted octanol–water partition coefficient (Wildman–Crippen LogP) is 3.87. The van der Waals surface area contributed by atoms with Crippen molar-refractivity contribution in [2.24, 2.45) is 0 Å². The molecule has 20 heavy (non-hydrogen) atoms. The zero-order valence-corrected chi connectivity index (χ0v) is 13.0. The second kappa shape index (κ2) is 6.17. The highest BCUT2D eigenvalue weighted by atomic mass is 15.2. The number of likely N-dealkylation sites (tertiary alicyclic amines) is 1. The Kier molecular flexibility index (Phi) is 4.30. The van der Waals surface area contributed by atoms with Crippen LogP contribution >= 0.6 is 0 Å². The molecule has 0 bridgehead atoms. The molecular formula is C18H28N2. The van der Waals surface area contributed by atoms with E-state index < -0.39 is 0 Å². The lowest BCUT2D eigenvalue weighted by Crippen LogP contribution is -2.39. The van der Waals surface area contributed by atoms with E-state index in [0.717, 1.165) is 12.0 Å². The molecule has 1 aromatic rings. The maximum absolute atomic E-state index is 2.77. The Labute approximate surface area is 123 Å². The van der Waals surface area contributed by atoms with Crippen LogP contribution < -0.4 is 4.90 Å². The zero-order chi connectivity index (χ0) is 13.9. The molecule has 1 aromatic carbocycles. The number of anilines is 1. The van der Waals surface area contributed by atoms with Crippen LogP contribution in [-0.2, 0) is 0 Å². The molecule has 2 nitrogen and oxygen atoms in total. The number of hydrogen-bond acceptors (Lipinski definition) is 2. The molecule has 2 aliphatic rings. The van der Waals surface area contributed by atoms with E-state index in [-0.39, 0.29) is 0 Å². The van der Waals surface area contributed by atoms with Crippen LogP contribution in [-0.4, -0.2) is 38.1 Å². The molecule has 1 heterocycles. The van der Waals surface area contributed by atoms with Crippen LogP contribution in [0.1, 0.15) is 50.0 Å². The smallest absolute Gasteiger partial charge is 0.0361 e. The van der Waals surface area contributed by atoms with Crippen molar-refractivity contribution in [2.75, 3.05) is 32.1 Å². The maximum Gasteiger partial charge on any atom is 0.0361 e. The van der Waals surface area contributed by atoms with Crippen LogP contribution in [0.2, 0.25) is 0 Å². The average molecular weight is 272 g/mol. The van der Waals surface area contributed by atoms with Crippen molar-refractivity contribution in [3.8, 4) is 0 Å². The molecule has 2 atom stereocenters. The highest BCUT2D eigenvalue weighted by Gasteiger charge is 2.32. The quantitative estimate of drug-likeness (QED) is 0.824. The van der Waals surface area contributed by atoms with E-state index >= 15 is 0 Å². The molecular weight excluding hydrogens is 244 g/mol. The normalized spacial score (nSPS) is 27.7. The first-order valence-electron chi connectivity index (χ1n) is 8.27. The van der Waals surface area contributed by atoms with Gasteiger partial charge in [0.25, 0.3) is 0 Å². The minimum Gasteiger partial charge on any atom is -0.378 e. The minimum absolute atomic E-state index is 0.762. The van der Waals surface area contributed by atoms with Crippen LogP contribution in [0.5, 0.6) is 0 Å². The van der Waals surface area contributed by atoms with Crippen molar-refractivity contribution >= 4 is 5.69 Å². The summed E-state index contributed by atoms with van der Waals surface area (Å²) in [5, 5.41) is 0. The summed E-state index contributed by atoms with van der Waals surface area (Å²) in [7, 11) is 4.23. The van der Waals surface area contributed by atoms with E-state index in [2.05, 4.69) is 48.2 Å². The molecule has 2 heteroatoms. The van der Waals surface area contributed by atoms with Gasteiger partial charge in [-0.25, -0.2) is 0 Å². The second-order valence-electron chi connectivity index (χ2n) is 6.69. The van der Waals surface area contributed by atoms with Crippen molar-refractivity contribution in [3.05, 3.63) is 29.8 Å². The molecule has 0 aromatic heterocycles. The Morgan fingerprint density at radius 1 is 0.900 bits per heavy atom. The maximum atomic E-state index is 2.77. The van der Waals surface area contributed by atoms with Gasteiger partial charge in [-0.1, -0.05) is 25.0 Å². The van der Waals surface area contributed by atoms with Gasteiger partial charge >= 0.3 is 0 Å². The number of nitrogens with zero attached hydrogens (tertiary/aromatic N) is 2. The summed E-state index contributed by atoms with van der Waals surface area (Å²) in [6, 6.07) is 10.1. The van der Waals surface area contributed by atoms with Gasteiger partial charge in [0.1, 0.15) is 0 Å². The average Bonchev–Trinajstić information content (AvgIpc) is 3.01. The summed E-state index contributed by atoms with van der Waals surface area (Å²) in [6.45, 7) is 2.66. The first-order valence-corrected chi connectivity index (χ1v) is 8.27. The Morgan fingerprint density at radius 2 is 1.55 bits per heavy atom. The van der Waals surface area contributed by atoms with E-state index in [1.54, 1.807) is 5.56 Å². The van der Waals surface area contributed by atoms with Gasteiger partial charge in [-0.2, -0.15) is 0 Å². The van der Waals surface area contributed by atoms with Crippen molar-refractivity contribution in [2.45, 2.75) is 50.5 Å². The van der Waals surface area contributed by atoms with Gasteiger partial charge in [0, 0.05) is 25.8 Å². The van der Waals surface area contributed by atoms with E-state index in [1.165, 1.54) is 57.3 Å². The third-order valence-corrected chi connectivity index (χ3v) is 5.18. The highest BCUT2D eigenvalue weighted by Crippen LogP contribution is 2.37. The van der Waals surface area contributed by atoms with Crippen molar-refractivity contribution < 1.29 is 0 Å². The summed E-state index contributed by atoms with van der Waals surface area (Å²) in [6.07, 6.45) is 8.42. The van der Waals surface area contributed by atoms with Gasteiger partial charge in [0.2, 0.25) is 0 Å². The molecule has 2 fully saturated rings. The first kappa shape index (κ1) is 13.9. The van der Waals surface area contributed by atoms with E-state index in [9.17, 15) is 0 Å². The van der Waals surface area contributed by atoms with Gasteiger partial charge in [0.15, 0.2) is 0 Å². The van der Waals surface area contributed by atoms with E-state index in [1.807, 2.05) is 0 Å². The lowest BCUT2D eigenvalue weighted by molar-refractivity contribution is 0.166. The molecule has 1 aliphatic heterocycles. The molecule has 110 valence electrons. The molecule has 0 amide bonds. The third-order valence-electron chi connectivity index (χ3n) is 5.18. The summed E-state index contributed by atoms with van der Waals surface area (Å²) < 4.78 is 0. The Morgan fingerprint density at radius 3 is 2.20 bits per heavy atom. The predicted molar refractivity (Wildman–Crippen MR) is 86.6 cm³/mol. The van der Waals surface area contributed by atoms with Crippen molar-refractivity contribution in [3.63, 3.8) is 0 Å². The van der Waals surface area contributed by atoms with Crippen molar-refractivity contribution in [1.82, 2.24) is 4.90 Å². The molecule has 0 unspecified atom stereocenters. The molecule has 1 saturated heterocycles. The molecule has 0 N–H and O–H groups in total. The molecule has 3 rings (SSSR count). The number of benzene rings is 1. The fourth-order valence-corrected chi connectivity index (χ4v) is 4.03.